The Labute approximate surface area is 141 Å². The van der Waals surface area contributed by atoms with Crippen molar-refractivity contribution in [3.63, 3.8) is 0 Å². The van der Waals surface area contributed by atoms with Crippen molar-refractivity contribution in [2.45, 2.75) is 6.92 Å². The van der Waals surface area contributed by atoms with E-state index in [0.717, 1.165) is 15.7 Å². The van der Waals surface area contributed by atoms with Gasteiger partial charge in [0, 0.05) is 22.0 Å². The third-order valence-electron chi connectivity index (χ3n) is 3.18. The fourth-order valence-electron chi connectivity index (χ4n) is 2.00. The highest BCUT2D eigenvalue weighted by Gasteiger charge is 2.03. The van der Waals surface area contributed by atoms with Crippen molar-refractivity contribution >= 4 is 39.1 Å². The molecule has 23 heavy (non-hydrogen) atoms. The van der Waals surface area contributed by atoms with E-state index in [1.165, 1.54) is 12.1 Å². The molecule has 0 radical (unpaired) electrons. The first-order valence-electron chi connectivity index (χ1n) is 6.99. The van der Waals surface area contributed by atoms with E-state index in [0.29, 0.717) is 17.5 Å². The van der Waals surface area contributed by atoms with Crippen molar-refractivity contribution in [2.75, 3.05) is 10.6 Å². The van der Waals surface area contributed by atoms with E-state index in [1.807, 2.05) is 25.1 Å². The molecule has 0 spiro atoms. The number of aromatic nitrogens is 2. The summed E-state index contributed by atoms with van der Waals surface area (Å²) in [5.41, 5.74) is 2.66. The third-order valence-corrected chi connectivity index (χ3v) is 4.03. The fourth-order valence-corrected chi connectivity index (χ4v) is 2.38. The molecule has 0 aliphatic heterocycles. The van der Waals surface area contributed by atoms with Gasteiger partial charge in [-0.25, -0.2) is 9.37 Å². The number of halogens is 2. The van der Waals surface area contributed by atoms with E-state index < -0.39 is 0 Å². The average molecular weight is 373 g/mol. The Balaban J connectivity index is 1.78. The van der Waals surface area contributed by atoms with Crippen molar-refractivity contribution in [1.82, 2.24) is 9.97 Å². The second-order valence-corrected chi connectivity index (χ2v) is 5.84. The van der Waals surface area contributed by atoms with Crippen LogP contribution >= 0.6 is 15.9 Å². The first kappa shape index (κ1) is 15.4. The molecule has 0 amide bonds. The van der Waals surface area contributed by atoms with E-state index in [4.69, 9.17) is 0 Å². The predicted octanol–water partition coefficient (Wildman–Crippen LogP) is 5.17. The SMILES string of the molecule is Cc1ccc(Nc2nccc(Nc3cccc(F)c3)n2)cc1Br. The van der Waals surface area contributed by atoms with E-state index in [9.17, 15) is 4.39 Å². The molecule has 1 aromatic heterocycles. The first-order valence-corrected chi connectivity index (χ1v) is 7.78. The molecule has 0 aliphatic carbocycles. The lowest BCUT2D eigenvalue weighted by Crippen LogP contribution is -2.00. The summed E-state index contributed by atoms with van der Waals surface area (Å²) >= 11 is 3.50. The van der Waals surface area contributed by atoms with Gasteiger partial charge in [-0.3, -0.25) is 0 Å². The van der Waals surface area contributed by atoms with Crippen molar-refractivity contribution in [3.8, 4) is 0 Å². The summed E-state index contributed by atoms with van der Waals surface area (Å²) in [7, 11) is 0. The van der Waals surface area contributed by atoms with E-state index in [2.05, 4.69) is 36.5 Å². The standard InChI is InChI=1S/C17H14BrFN4/c1-11-5-6-14(10-15(11)18)22-17-20-8-7-16(23-17)21-13-4-2-3-12(19)9-13/h2-10H,1H3,(H2,20,21,22,23). The molecule has 0 saturated carbocycles. The van der Waals surface area contributed by atoms with Crippen LogP contribution in [0.1, 0.15) is 5.56 Å². The monoisotopic (exact) mass is 372 g/mol. The Hall–Kier alpha value is -2.47. The largest absolute Gasteiger partial charge is 0.340 e. The fraction of sp³-hybridized carbons (Fsp3) is 0.0588. The van der Waals surface area contributed by atoms with Gasteiger partial charge in [-0.1, -0.05) is 28.1 Å². The second kappa shape index (κ2) is 6.75. The van der Waals surface area contributed by atoms with E-state index >= 15 is 0 Å². The molecule has 1 heterocycles. The van der Waals surface area contributed by atoms with Crippen LogP contribution in [0.5, 0.6) is 0 Å². The topological polar surface area (TPSA) is 49.8 Å². The van der Waals surface area contributed by atoms with Crippen LogP contribution in [0, 0.1) is 12.7 Å². The van der Waals surface area contributed by atoms with Crippen LogP contribution in [0.2, 0.25) is 0 Å². The number of hydrogen-bond donors (Lipinski definition) is 2. The maximum atomic E-state index is 13.2. The molecule has 3 rings (SSSR count). The van der Waals surface area contributed by atoms with Crippen molar-refractivity contribution in [2.24, 2.45) is 0 Å². The highest BCUT2D eigenvalue weighted by Crippen LogP contribution is 2.23. The van der Waals surface area contributed by atoms with Gasteiger partial charge in [0.25, 0.3) is 0 Å². The lowest BCUT2D eigenvalue weighted by Gasteiger charge is -2.09. The van der Waals surface area contributed by atoms with Crippen LogP contribution in [0.25, 0.3) is 0 Å². The molecule has 0 aliphatic rings. The average Bonchev–Trinajstić information content (AvgIpc) is 2.51. The zero-order valence-corrected chi connectivity index (χ0v) is 13.9. The van der Waals surface area contributed by atoms with Crippen LogP contribution < -0.4 is 10.6 Å². The number of rotatable bonds is 4. The molecular formula is C17H14BrFN4. The third kappa shape index (κ3) is 4.04. The maximum Gasteiger partial charge on any atom is 0.229 e. The summed E-state index contributed by atoms with van der Waals surface area (Å²) in [5, 5.41) is 6.19. The predicted molar refractivity (Wildman–Crippen MR) is 93.9 cm³/mol. The Kier molecular flexibility index (Phi) is 4.52. The Morgan fingerprint density at radius 1 is 1.00 bits per heavy atom. The molecule has 2 N–H and O–H groups in total. The molecule has 4 nitrogen and oxygen atoms in total. The molecule has 0 saturated heterocycles. The van der Waals surface area contributed by atoms with Crippen LogP contribution in [0.15, 0.2) is 59.2 Å². The Morgan fingerprint density at radius 3 is 2.61 bits per heavy atom. The van der Waals surface area contributed by atoms with Gasteiger partial charge in [0.2, 0.25) is 5.95 Å². The van der Waals surface area contributed by atoms with Gasteiger partial charge < -0.3 is 10.6 Å². The second-order valence-electron chi connectivity index (χ2n) is 4.99. The van der Waals surface area contributed by atoms with Gasteiger partial charge in [0.1, 0.15) is 11.6 Å². The summed E-state index contributed by atoms with van der Waals surface area (Å²) in [6, 6.07) is 13.9. The lowest BCUT2D eigenvalue weighted by molar-refractivity contribution is 0.628. The van der Waals surface area contributed by atoms with Crippen molar-refractivity contribution < 1.29 is 4.39 Å². The zero-order chi connectivity index (χ0) is 16.2. The van der Waals surface area contributed by atoms with Gasteiger partial charge in [-0.05, 0) is 48.9 Å². The number of nitrogens with zero attached hydrogens (tertiary/aromatic N) is 2. The van der Waals surface area contributed by atoms with Crippen LogP contribution in [0.3, 0.4) is 0 Å². The summed E-state index contributed by atoms with van der Waals surface area (Å²) < 4.78 is 14.2. The highest BCUT2D eigenvalue weighted by atomic mass is 79.9. The molecular weight excluding hydrogens is 359 g/mol. The Bertz CT molecular complexity index is 838. The number of nitrogens with one attached hydrogen (secondary N) is 2. The Morgan fingerprint density at radius 2 is 1.83 bits per heavy atom. The van der Waals surface area contributed by atoms with Gasteiger partial charge in [0.15, 0.2) is 0 Å². The lowest BCUT2D eigenvalue weighted by atomic mass is 10.2. The normalized spacial score (nSPS) is 10.4. The highest BCUT2D eigenvalue weighted by molar-refractivity contribution is 9.10. The number of aryl methyl sites for hydroxylation is 1. The smallest absolute Gasteiger partial charge is 0.229 e. The van der Waals surface area contributed by atoms with Crippen LogP contribution in [-0.2, 0) is 0 Å². The molecule has 0 bridgehead atoms. The maximum absolute atomic E-state index is 13.2. The molecule has 6 heteroatoms. The molecule has 0 atom stereocenters. The number of benzene rings is 2. The van der Waals surface area contributed by atoms with Crippen LogP contribution in [-0.4, -0.2) is 9.97 Å². The van der Waals surface area contributed by atoms with Gasteiger partial charge in [-0.15, -0.1) is 0 Å². The molecule has 2 aromatic carbocycles. The molecule has 116 valence electrons. The molecule has 0 fully saturated rings. The number of anilines is 4. The minimum absolute atomic E-state index is 0.299. The van der Waals surface area contributed by atoms with E-state index in [-0.39, 0.29) is 5.82 Å². The van der Waals surface area contributed by atoms with Crippen molar-refractivity contribution in [1.29, 1.82) is 0 Å². The van der Waals surface area contributed by atoms with E-state index in [1.54, 1.807) is 24.4 Å². The quantitative estimate of drug-likeness (QED) is 0.662. The summed E-state index contributed by atoms with van der Waals surface area (Å²) in [4.78, 5) is 8.57. The number of hydrogen-bond acceptors (Lipinski definition) is 4. The minimum Gasteiger partial charge on any atom is -0.340 e. The van der Waals surface area contributed by atoms with Gasteiger partial charge >= 0.3 is 0 Å². The van der Waals surface area contributed by atoms with Crippen molar-refractivity contribution in [3.05, 3.63) is 70.6 Å². The zero-order valence-electron chi connectivity index (χ0n) is 12.3. The summed E-state index contributed by atoms with van der Waals surface area (Å²) in [6.07, 6.45) is 1.64. The summed E-state index contributed by atoms with van der Waals surface area (Å²) in [6.45, 7) is 2.02. The summed E-state index contributed by atoms with van der Waals surface area (Å²) in [5.74, 6) is 0.744. The minimum atomic E-state index is -0.299. The van der Waals surface area contributed by atoms with Gasteiger partial charge in [-0.2, -0.15) is 4.98 Å². The van der Waals surface area contributed by atoms with Crippen LogP contribution in [0.4, 0.5) is 27.5 Å². The van der Waals surface area contributed by atoms with Gasteiger partial charge in [0.05, 0.1) is 0 Å². The molecule has 3 aromatic rings. The first-order chi connectivity index (χ1) is 11.1. The molecule has 0 unspecified atom stereocenters.